The summed E-state index contributed by atoms with van der Waals surface area (Å²) < 4.78 is 6.33. The molecule has 0 radical (unpaired) electrons. The Morgan fingerprint density at radius 2 is 1.69 bits per heavy atom. The number of carbonyl (C=O) groups excluding carboxylic acids is 2. The molecule has 2 atom stereocenters. The van der Waals surface area contributed by atoms with E-state index in [1.54, 1.807) is 0 Å². The molecule has 0 saturated carbocycles. The van der Waals surface area contributed by atoms with Crippen molar-refractivity contribution in [3.05, 3.63) is 70.2 Å². The van der Waals surface area contributed by atoms with Crippen molar-refractivity contribution in [2.75, 3.05) is 6.61 Å². The molecule has 0 bridgehead atoms. The molecule has 0 heterocycles. The van der Waals surface area contributed by atoms with E-state index >= 15 is 0 Å². The van der Waals surface area contributed by atoms with E-state index in [4.69, 9.17) is 4.74 Å². The summed E-state index contributed by atoms with van der Waals surface area (Å²) in [7, 11) is 0. The zero-order valence-electron chi connectivity index (χ0n) is 17.6. The van der Waals surface area contributed by atoms with Crippen LogP contribution < -0.4 is 0 Å². The third-order valence-electron chi connectivity index (χ3n) is 5.84. The highest BCUT2D eigenvalue weighted by Crippen LogP contribution is 2.39. The van der Waals surface area contributed by atoms with Crippen LogP contribution in [0.1, 0.15) is 62.4 Å². The molecular formula is C25H31BrO3. The molecule has 4 heteroatoms. The van der Waals surface area contributed by atoms with Gasteiger partial charge in [0.15, 0.2) is 5.78 Å². The molecule has 0 amide bonds. The normalized spacial score (nSPS) is 14.1. The number of aryl methyl sites for hydroxylation is 1. The second-order valence-electron chi connectivity index (χ2n) is 7.70. The van der Waals surface area contributed by atoms with Crippen LogP contribution in [0.5, 0.6) is 0 Å². The molecule has 0 N–H and O–H groups in total. The minimum Gasteiger partial charge on any atom is -0.466 e. The van der Waals surface area contributed by atoms with Crippen molar-refractivity contribution < 1.29 is 14.3 Å². The summed E-state index contributed by atoms with van der Waals surface area (Å²) >= 11 is 3.41. The van der Waals surface area contributed by atoms with Crippen molar-refractivity contribution in [3.63, 3.8) is 0 Å². The fourth-order valence-electron chi connectivity index (χ4n) is 3.72. The van der Waals surface area contributed by atoms with Crippen molar-refractivity contribution >= 4 is 27.7 Å². The fourth-order valence-corrected chi connectivity index (χ4v) is 3.98. The van der Waals surface area contributed by atoms with Gasteiger partial charge in [-0.2, -0.15) is 0 Å². The molecule has 0 aliphatic heterocycles. The van der Waals surface area contributed by atoms with Crippen molar-refractivity contribution in [1.82, 2.24) is 0 Å². The summed E-state index contributed by atoms with van der Waals surface area (Å²) in [5, 5.41) is 0. The summed E-state index contributed by atoms with van der Waals surface area (Å²) in [5.41, 5.74) is 1.29. The maximum Gasteiger partial charge on any atom is 0.312 e. The van der Waals surface area contributed by atoms with Crippen LogP contribution in [0.2, 0.25) is 0 Å². The zero-order valence-corrected chi connectivity index (χ0v) is 19.2. The van der Waals surface area contributed by atoms with E-state index in [2.05, 4.69) is 28.1 Å². The standard InChI is InChI=1S/C25H31BrO3/c1-4-25(3,24(28)29-5-2)21(13-9-12-19-10-7-6-8-11-19)18-23(27)20-14-16-22(26)17-15-20/h6-8,10-11,14-17,21H,4-5,9,12-13,18H2,1-3H3. The Bertz CT molecular complexity index is 785. The molecule has 156 valence electrons. The van der Waals surface area contributed by atoms with Gasteiger partial charge in [0, 0.05) is 16.5 Å². The molecule has 2 aromatic carbocycles. The first-order valence-electron chi connectivity index (χ1n) is 10.4. The number of halogens is 1. The van der Waals surface area contributed by atoms with Crippen LogP contribution in [0.15, 0.2) is 59.1 Å². The number of Topliss-reactive ketones (excluding diaryl/α,β-unsaturated/α-hetero) is 1. The van der Waals surface area contributed by atoms with Gasteiger partial charge in [0.05, 0.1) is 12.0 Å². The summed E-state index contributed by atoms with van der Waals surface area (Å²) in [5.74, 6) is -0.187. The molecule has 0 aliphatic rings. The average molecular weight is 459 g/mol. The number of ketones is 1. The molecule has 2 rings (SSSR count). The lowest BCUT2D eigenvalue weighted by Crippen LogP contribution is -2.38. The topological polar surface area (TPSA) is 43.4 Å². The van der Waals surface area contributed by atoms with Crippen molar-refractivity contribution in [2.45, 2.75) is 52.9 Å². The minimum atomic E-state index is -0.669. The van der Waals surface area contributed by atoms with E-state index in [0.29, 0.717) is 25.0 Å². The average Bonchev–Trinajstić information content (AvgIpc) is 2.73. The molecule has 2 aromatic rings. The Morgan fingerprint density at radius 3 is 2.28 bits per heavy atom. The maximum absolute atomic E-state index is 13.0. The molecule has 0 aliphatic carbocycles. The first-order valence-corrected chi connectivity index (χ1v) is 11.2. The first-order chi connectivity index (χ1) is 13.9. The van der Waals surface area contributed by atoms with Crippen LogP contribution in [0.3, 0.4) is 0 Å². The number of ether oxygens (including phenoxy) is 1. The number of hydrogen-bond acceptors (Lipinski definition) is 3. The van der Waals surface area contributed by atoms with Crippen LogP contribution in [0.4, 0.5) is 0 Å². The number of rotatable bonds is 11. The van der Waals surface area contributed by atoms with E-state index in [9.17, 15) is 9.59 Å². The van der Waals surface area contributed by atoms with Crippen LogP contribution >= 0.6 is 15.9 Å². The zero-order chi connectivity index (χ0) is 21.3. The summed E-state index contributed by atoms with van der Waals surface area (Å²) in [6, 6.07) is 17.8. The Kier molecular flexibility index (Phi) is 9.09. The van der Waals surface area contributed by atoms with Gasteiger partial charge in [-0.1, -0.05) is 65.3 Å². The number of esters is 1. The predicted molar refractivity (Wildman–Crippen MR) is 121 cm³/mol. The number of benzene rings is 2. The number of carbonyl (C=O) groups is 2. The lowest BCUT2D eigenvalue weighted by molar-refractivity contribution is -0.158. The highest BCUT2D eigenvalue weighted by molar-refractivity contribution is 9.10. The Morgan fingerprint density at radius 1 is 1.03 bits per heavy atom. The SMILES string of the molecule is CCOC(=O)C(C)(CC)C(CCCc1ccccc1)CC(=O)c1ccc(Br)cc1. The third kappa shape index (κ3) is 6.53. The van der Waals surface area contributed by atoms with Gasteiger partial charge in [0.25, 0.3) is 0 Å². The monoisotopic (exact) mass is 458 g/mol. The smallest absolute Gasteiger partial charge is 0.312 e. The molecule has 0 saturated heterocycles. The molecule has 0 spiro atoms. The largest absolute Gasteiger partial charge is 0.466 e. The van der Waals surface area contributed by atoms with Gasteiger partial charge in [0.1, 0.15) is 0 Å². The number of hydrogen-bond donors (Lipinski definition) is 0. The first kappa shape index (κ1) is 23.3. The van der Waals surface area contributed by atoms with Crippen LogP contribution in [-0.2, 0) is 16.0 Å². The second kappa shape index (κ2) is 11.3. The van der Waals surface area contributed by atoms with E-state index < -0.39 is 5.41 Å². The molecule has 29 heavy (non-hydrogen) atoms. The Balaban J connectivity index is 2.17. The van der Waals surface area contributed by atoms with Gasteiger partial charge in [-0.25, -0.2) is 0 Å². The van der Waals surface area contributed by atoms with Gasteiger partial charge in [0.2, 0.25) is 0 Å². The third-order valence-corrected chi connectivity index (χ3v) is 6.36. The highest BCUT2D eigenvalue weighted by Gasteiger charge is 2.41. The van der Waals surface area contributed by atoms with Gasteiger partial charge in [-0.05, 0) is 63.1 Å². The van der Waals surface area contributed by atoms with E-state index in [1.165, 1.54) is 5.56 Å². The summed E-state index contributed by atoms with van der Waals surface area (Å²) in [6.07, 6.45) is 3.67. The van der Waals surface area contributed by atoms with Crippen molar-refractivity contribution in [1.29, 1.82) is 0 Å². The molecule has 2 unspecified atom stereocenters. The minimum absolute atomic E-state index is 0.0635. The summed E-state index contributed by atoms with van der Waals surface area (Å²) in [6.45, 7) is 6.13. The fraction of sp³-hybridized carbons (Fsp3) is 0.440. The molecular weight excluding hydrogens is 428 g/mol. The van der Waals surface area contributed by atoms with E-state index in [-0.39, 0.29) is 17.7 Å². The molecule has 3 nitrogen and oxygen atoms in total. The Hall–Kier alpha value is -1.94. The van der Waals surface area contributed by atoms with Crippen LogP contribution in [-0.4, -0.2) is 18.4 Å². The van der Waals surface area contributed by atoms with E-state index in [1.807, 2.05) is 63.2 Å². The van der Waals surface area contributed by atoms with Crippen molar-refractivity contribution in [2.24, 2.45) is 11.3 Å². The summed E-state index contributed by atoms with van der Waals surface area (Å²) in [4.78, 5) is 25.8. The Labute approximate surface area is 183 Å². The lowest BCUT2D eigenvalue weighted by atomic mass is 9.70. The predicted octanol–water partition coefficient (Wildman–Crippen LogP) is 6.64. The van der Waals surface area contributed by atoms with Crippen LogP contribution in [0.25, 0.3) is 0 Å². The maximum atomic E-state index is 13.0. The highest BCUT2D eigenvalue weighted by atomic mass is 79.9. The van der Waals surface area contributed by atoms with Gasteiger partial charge < -0.3 is 4.74 Å². The quantitative estimate of drug-likeness (QED) is 0.279. The van der Waals surface area contributed by atoms with Gasteiger partial charge in [-0.3, -0.25) is 9.59 Å². The van der Waals surface area contributed by atoms with Gasteiger partial charge in [-0.15, -0.1) is 0 Å². The molecule has 0 fully saturated rings. The lowest BCUT2D eigenvalue weighted by Gasteiger charge is -2.34. The van der Waals surface area contributed by atoms with E-state index in [0.717, 1.165) is 23.7 Å². The molecule has 0 aromatic heterocycles. The van der Waals surface area contributed by atoms with Crippen LogP contribution in [0, 0.1) is 11.3 Å². The van der Waals surface area contributed by atoms with Crippen molar-refractivity contribution in [3.8, 4) is 0 Å². The second-order valence-corrected chi connectivity index (χ2v) is 8.62. The van der Waals surface area contributed by atoms with Gasteiger partial charge >= 0.3 is 5.97 Å².